The summed E-state index contributed by atoms with van der Waals surface area (Å²) in [5, 5.41) is 2.80. The number of nitrogens with one attached hydrogen (secondary N) is 1. The number of carbonyl (C=O) groups excluding carboxylic acids is 1. The number of hydrogen-bond acceptors (Lipinski definition) is 4. The number of thiazole rings is 1. The molecule has 0 radical (unpaired) electrons. The number of hydrogen-bond donors (Lipinski definition) is 1. The third kappa shape index (κ3) is 3.67. The highest BCUT2D eigenvalue weighted by atomic mass is 32.2. The molecule has 0 saturated heterocycles. The molecule has 0 bridgehead atoms. The Morgan fingerprint density at radius 3 is 2.73 bits per heavy atom. The summed E-state index contributed by atoms with van der Waals surface area (Å²) in [6.45, 7) is 3.61. The number of fused-ring (bicyclic) bond motifs is 1. The molecule has 0 unspecified atom stereocenters. The molecule has 3 aromatic rings. The fourth-order valence-electron chi connectivity index (χ4n) is 2.08. The van der Waals surface area contributed by atoms with E-state index in [1.165, 1.54) is 18.1 Å². The largest absolute Gasteiger partial charge is 0.326 e. The highest BCUT2D eigenvalue weighted by Crippen LogP contribution is 2.32. The first-order valence-electron chi connectivity index (χ1n) is 6.97. The Labute approximate surface area is 137 Å². The summed E-state index contributed by atoms with van der Waals surface area (Å²) in [5.74, 6) is 0.858. The van der Waals surface area contributed by atoms with Crippen LogP contribution in [0.1, 0.15) is 18.1 Å². The number of nitrogens with zero attached hydrogens (tertiary/aromatic N) is 1. The number of anilines is 1. The lowest BCUT2D eigenvalue weighted by Crippen LogP contribution is -2.05. The number of aromatic nitrogens is 1. The van der Waals surface area contributed by atoms with Crippen LogP contribution >= 0.6 is 23.1 Å². The van der Waals surface area contributed by atoms with Crippen molar-refractivity contribution >= 4 is 44.9 Å². The van der Waals surface area contributed by atoms with Crippen LogP contribution in [0.3, 0.4) is 0 Å². The molecule has 3 rings (SSSR count). The number of benzene rings is 2. The quantitative estimate of drug-likeness (QED) is 0.696. The molecule has 1 N–H and O–H groups in total. The van der Waals surface area contributed by atoms with Crippen molar-refractivity contribution < 1.29 is 4.79 Å². The molecular formula is C17H16N2OS2. The molecule has 0 fully saturated rings. The van der Waals surface area contributed by atoms with Gasteiger partial charge in [-0.05, 0) is 30.7 Å². The fourth-order valence-corrected chi connectivity index (χ4v) is 4.14. The number of carbonyl (C=O) groups is 1. The standard InChI is InChI=1S/C17H16N2OS2/c1-11-3-5-13(6-4-11)10-21-17-19-15-8-7-14(18-12(2)20)9-16(15)22-17/h3-9H,10H2,1-2H3,(H,18,20). The van der Waals surface area contributed by atoms with Crippen molar-refractivity contribution in [3.63, 3.8) is 0 Å². The number of amides is 1. The summed E-state index contributed by atoms with van der Waals surface area (Å²) in [5.41, 5.74) is 4.37. The first-order chi connectivity index (χ1) is 10.6. The van der Waals surface area contributed by atoms with E-state index in [0.717, 1.165) is 26.0 Å². The SMILES string of the molecule is CC(=O)Nc1ccc2nc(SCc3ccc(C)cc3)sc2c1. The predicted molar refractivity (Wildman–Crippen MR) is 94.7 cm³/mol. The Bertz CT molecular complexity index is 809. The highest BCUT2D eigenvalue weighted by Gasteiger charge is 2.06. The molecule has 3 nitrogen and oxygen atoms in total. The van der Waals surface area contributed by atoms with Crippen LogP contribution in [0.15, 0.2) is 46.8 Å². The van der Waals surface area contributed by atoms with Gasteiger partial charge in [0.15, 0.2) is 4.34 Å². The summed E-state index contributed by atoms with van der Waals surface area (Å²) in [6.07, 6.45) is 0. The summed E-state index contributed by atoms with van der Waals surface area (Å²) in [7, 11) is 0. The monoisotopic (exact) mass is 328 g/mol. The molecule has 0 aliphatic heterocycles. The summed E-state index contributed by atoms with van der Waals surface area (Å²) < 4.78 is 2.15. The first-order valence-corrected chi connectivity index (χ1v) is 8.77. The molecule has 1 amide bonds. The van der Waals surface area contributed by atoms with Gasteiger partial charge in [0.1, 0.15) is 0 Å². The molecule has 1 aromatic heterocycles. The minimum absolute atomic E-state index is 0.0576. The molecule has 0 saturated carbocycles. The second-order valence-electron chi connectivity index (χ2n) is 5.12. The summed E-state index contributed by atoms with van der Waals surface area (Å²) in [6, 6.07) is 14.4. The van der Waals surface area contributed by atoms with Gasteiger partial charge in [0, 0.05) is 18.4 Å². The van der Waals surface area contributed by atoms with E-state index in [4.69, 9.17) is 0 Å². The minimum Gasteiger partial charge on any atom is -0.326 e. The lowest BCUT2D eigenvalue weighted by atomic mass is 10.2. The van der Waals surface area contributed by atoms with Gasteiger partial charge < -0.3 is 5.32 Å². The first kappa shape index (κ1) is 15.1. The van der Waals surface area contributed by atoms with Crippen LogP contribution in [0.2, 0.25) is 0 Å². The Balaban J connectivity index is 1.74. The van der Waals surface area contributed by atoms with E-state index in [-0.39, 0.29) is 5.91 Å². The zero-order chi connectivity index (χ0) is 15.5. The van der Waals surface area contributed by atoms with Gasteiger partial charge >= 0.3 is 0 Å². The highest BCUT2D eigenvalue weighted by molar-refractivity contribution is 8.00. The van der Waals surface area contributed by atoms with Crippen LogP contribution in [0, 0.1) is 6.92 Å². The lowest BCUT2D eigenvalue weighted by molar-refractivity contribution is -0.114. The maximum atomic E-state index is 11.1. The van der Waals surface area contributed by atoms with Gasteiger partial charge in [-0.1, -0.05) is 41.6 Å². The Hall–Kier alpha value is -1.85. The average Bonchev–Trinajstić information content (AvgIpc) is 2.88. The van der Waals surface area contributed by atoms with Gasteiger partial charge in [-0.15, -0.1) is 11.3 Å². The fraction of sp³-hybridized carbons (Fsp3) is 0.176. The normalized spacial score (nSPS) is 10.8. The second kappa shape index (κ2) is 6.50. The van der Waals surface area contributed by atoms with Crippen molar-refractivity contribution in [3.8, 4) is 0 Å². The van der Waals surface area contributed by atoms with Crippen molar-refractivity contribution in [2.24, 2.45) is 0 Å². The van der Waals surface area contributed by atoms with Gasteiger partial charge in [-0.2, -0.15) is 0 Å². The molecule has 112 valence electrons. The molecule has 0 atom stereocenters. The van der Waals surface area contributed by atoms with Crippen molar-refractivity contribution in [2.75, 3.05) is 5.32 Å². The van der Waals surface area contributed by atoms with E-state index in [0.29, 0.717) is 0 Å². The van der Waals surface area contributed by atoms with Crippen molar-refractivity contribution in [1.29, 1.82) is 0 Å². The molecule has 1 heterocycles. The van der Waals surface area contributed by atoms with E-state index in [1.807, 2.05) is 18.2 Å². The maximum Gasteiger partial charge on any atom is 0.221 e. The van der Waals surface area contributed by atoms with Crippen LogP contribution in [0.4, 0.5) is 5.69 Å². The third-order valence-electron chi connectivity index (χ3n) is 3.17. The predicted octanol–water partition coefficient (Wildman–Crippen LogP) is 4.86. The molecule has 5 heteroatoms. The molecular weight excluding hydrogens is 312 g/mol. The summed E-state index contributed by atoms with van der Waals surface area (Å²) >= 11 is 3.41. The van der Waals surface area contributed by atoms with Crippen LogP contribution in [-0.4, -0.2) is 10.9 Å². The van der Waals surface area contributed by atoms with Gasteiger partial charge in [0.05, 0.1) is 10.2 Å². The Kier molecular flexibility index (Phi) is 4.45. The molecule has 2 aromatic carbocycles. The molecule has 0 aliphatic rings. The van der Waals surface area contributed by atoms with Crippen molar-refractivity contribution in [3.05, 3.63) is 53.6 Å². The van der Waals surface area contributed by atoms with E-state index < -0.39 is 0 Å². The second-order valence-corrected chi connectivity index (χ2v) is 7.37. The van der Waals surface area contributed by atoms with E-state index in [1.54, 1.807) is 23.1 Å². The Morgan fingerprint density at radius 1 is 1.23 bits per heavy atom. The number of rotatable bonds is 4. The Morgan fingerprint density at radius 2 is 2.00 bits per heavy atom. The van der Waals surface area contributed by atoms with Crippen LogP contribution in [-0.2, 0) is 10.5 Å². The van der Waals surface area contributed by atoms with Gasteiger partial charge in [0.2, 0.25) is 5.91 Å². The average molecular weight is 328 g/mol. The minimum atomic E-state index is -0.0576. The third-order valence-corrected chi connectivity index (χ3v) is 5.40. The van der Waals surface area contributed by atoms with Crippen LogP contribution in [0.5, 0.6) is 0 Å². The van der Waals surface area contributed by atoms with E-state index >= 15 is 0 Å². The lowest BCUT2D eigenvalue weighted by Gasteiger charge is -1.99. The van der Waals surface area contributed by atoms with Crippen LogP contribution in [0.25, 0.3) is 10.2 Å². The van der Waals surface area contributed by atoms with Gasteiger partial charge in [-0.3, -0.25) is 4.79 Å². The maximum absolute atomic E-state index is 11.1. The molecule has 0 aliphatic carbocycles. The molecule has 0 spiro atoms. The number of aryl methyl sites for hydroxylation is 1. The van der Waals surface area contributed by atoms with E-state index in [2.05, 4.69) is 41.5 Å². The zero-order valence-electron chi connectivity index (χ0n) is 12.4. The van der Waals surface area contributed by atoms with Crippen LogP contribution < -0.4 is 5.32 Å². The smallest absolute Gasteiger partial charge is 0.221 e. The number of thioether (sulfide) groups is 1. The zero-order valence-corrected chi connectivity index (χ0v) is 14.1. The summed E-state index contributed by atoms with van der Waals surface area (Å²) in [4.78, 5) is 15.7. The van der Waals surface area contributed by atoms with Crippen molar-refractivity contribution in [1.82, 2.24) is 4.98 Å². The van der Waals surface area contributed by atoms with Crippen molar-refractivity contribution in [2.45, 2.75) is 23.9 Å². The van der Waals surface area contributed by atoms with Gasteiger partial charge in [0.25, 0.3) is 0 Å². The molecule has 22 heavy (non-hydrogen) atoms. The topological polar surface area (TPSA) is 42.0 Å². The van der Waals surface area contributed by atoms with E-state index in [9.17, 15) is 4.79 Å². The van der Waals surface area contributed by atoms with Gasteiger partial charge in [-0.25, -0.2) is 4.98 Å².